The molecule has 2 aliphatic heterocycles. The van der Waals surface area contributed by atoms with Crippen LogP contribution in [0.3, 0.4) is 0 Å². The van der Waals surface area contributed by atoms with E-state index in [4.69, 9.17) is 5.26 Å². The highest BCUT2D eigenvalue weighted by molar-refractivity contribution is 6.10. The molecule has 2 aliphatic rings. The maximum absolute atomic E-state index is 14.4. The summed E-state index contributed by atoms with van der Waals surface area (Å²) in [6.45, 7) is -0.958. The molecule has 0 atom stereocenters. The second-order valence-corrected chi connectivity index (χ2v) is 11.4. The first kappa shape index (κ1) is 31.6. The number of aromatic nitrogens is 4. The molecule has 2 aromatic heterocycles. The fourth-order valence-electron chi connectivity index (χ4n) is 5.92. The summed E-state index contributed by atoms with van der Waals surface area (Å²) < 4.78 is 72.4. The maximum atomic E-state index is 14.4. The number of nitrogens with one attached hydrogen (secondary N) is 1. The van der Waals surface area contributed by atoms with Crippen LogP contribution in [0.5, 0.6) is 0 Å². The average molecular weight is 648 g/mol. The first-order chi connectivity index (χ1) is 22.4. The highest BCUT2D eigenvalue weighted by atomic mass is 19.4. The van der Waals surface area contributed by atoms with Gasteiger partial charge in [-0.05, 0) is 64.7 Å². The number of carbonyl (C=O) groups is 1. The average Bonchev–Trinajstić information content (AvgIpc) is 3.71. The third-order valence-electron chi connectivity index (χ3n) is 8.11. The van der Waals surface area contributed by atoms with E-state index >= 15 is 0 Å². The minimum absolute atomic E-state index is 0.0210. The molecular weight excluding hydrogens is 621 g/mol. The number of rotatable bonds is 8. The third-order valence-corrected chi connectivity index (χ3v) is 8.11. The maximum Gasteiger partial charge on any atom is 0.416 e. The normalized spacial score (nSPS) is 15.8. The molecule has 1 amide bonds. The topological polar surface area (TPSA) is 127 Å². The van der Waals surface area contributed by atoms with Gasteiger partial charge in [-0.15, -0.1) is 10.2 Å². The number of hydrogen-bond donors (Lipinski definition) is 1. The van der Waals surface area contributed by atoms with E-state index in [1.165, 1.54) is 23.4 Å². The number of aryl methyl sites for hydroxylation is 1. The van der Waals surface area contributed by atoms with Crippen molar-refractivity contribution in [2.24, 2.45) is 7.05 Å². The fourth-order valence-corrected chi connectivity index (χ4v) is 5.92. The second kappa shape index (κ2) is 12.1. The van der Waals surface area contributed by atoms with Crippen molar-refractivity contribution in [3.05, 3.63) is 76.6 Å². The minimum atomic E-state index is -4.81. The molecule has 1 fully saturated rings. The van der Waals surface area contributed by atoms with Gasteiger partial charge >= 0.3 is 6.18 Å². The molecule has 2 aromatic carbocycles. The summed E-state index contributed by atoms with van der Waals surface area (Å²) >= 11 is 0. The van der Waals surface area contributed by atoms with Crippen molar-refractivity contribution in [2.45, 2.75) is 38.0 Å². The van der Waals surface area contributed by atoms with Gasteiger partial charge in [0.25, 0.3) is 11.8 Å². The van der Waals surface area contributed by atoms with Gasteiger partial charge < -0.3 is 9.88 Å². The van der Waals surface area contributed by atoms with Gasteiger partial charge in [0.2, 0.25) is 0 Å². The van der Waals surface area contributed by atoms with Crippen molar-refractivity contribution in [1.29, 1.82) is 10.5 Å². The summed E-state index contributed by atoms with van der Waals surface area (Å²) in [5, 5.41) is 29.8. The van der Waals surface area contributed by atoms with Gasteiger partial charge in [-0.3, -0.25) is 14.6 Å². The number of benzene rings is 2. The molecule has 15 heteroatoms. The molecule has 0 spiro atoms. The lowest BCUT2D eigenvalue weighted by Crippen LogP contribution is -2.25. The summed E-state index contributed by atoms with van der Waals surface area (Å²) in [5.74, 6) is -2.90. The quantitative estimate of drug-likeness (QED) is 0.189. The van der Waals surface area contributed by atoms with E-state index in [1.54, 1.807) is 35.9 Å². The number of pyridine rings is 1. The minimum Gasteiger partial charge on any atom is -0.369 e. The van der Waals surface area contributed by atoms with Gasteiger partial charge in [0.05, 0.1) is 42.8 Å². The van der Waals surface area contributed by atoms with Gasteiger partial charge in [-0.1, -0.05) is 0 Å². The van der Waals surface area contributed by atoms with Crippen LogP contribution in [0.4, 0.5) is 33.6 Å². The molecule has 4 aromatic rings. The molecule has 0 bridgehead atoms. The SMILES string of the molecule is Cn1cnnc1-c1ccc(C#N)cc1-c1cc(NCCC#N)nc(N2Cc3c(cc(CN4CCC(F)(F)C4)cc3C(F)(F)F)C2=O)c1. The van der Waals surface area contributed by atoms with Crippen LogP contribution in [0, 0.1) is 22.7 Å². The fraction of sp³-hybridized carbons (Fsp3) is 0.312. The van der Waals surface area contributed by atoms with E-state index < -0.39 is 36.7 Å². The largest absolute Gasteiger partial charge is 0.416 e. The molecule has 47 heavy (non-hydrogen) atoms. The number of carbonyl (C=O) groups excluding carboxylic acids is 1. The van der Waals surface area contributed by atoms with Crippen LogP contribution < -0.4 is 10.2 Å². The Morgan fingerprint density at radius 2 is 1.87 bits per heavy atom. The molecule has 10 nitrogen and oxygen atoms in total. The number of nitrogens with zero attached hydrogens (tertiary/aromatic N) is 8. The number of anilines is 2. The zero-order valence-electron chi connectivity index (χ0n) is 24.9. The first-order valence-corrected chi connectivity index (χ1v) is 14.5. The smallest absolute Gasteiger partial charge is 0.369 e. The van der Waals surface area contributed by atoms with Crippen LogP contribution in [0.15, 0.2) is 48.8 Å². The molecule has 0 radical (unpaired) electrons. The standard InChI is InChI=1S/C32H26F5N9O/c1-44-18-41-43-29(44)22-4-3-19(14-39)9-23(22)21-12-27(40-7-2-6-38)42-28(13-21)46-16-25-24(30(46)47)10-20(11-26(25)32(35,36)37)15-45-8-5-31(33,34)17-45/h3-4,9-13,18H,2,5,7-8,15-17H2,1H3,(H,40,42). The number of halogens is 5. The molecule has 0 unspecified atom stereocenters. The van der Waals surface area contributed by atoms with Crippen molar-refractivity contribution >= 4 is 17.5 Å². The molecule has 0 saturated carbocycles. The number of nitriles is 2. The van der Waals surface area contributed by atoms with Crippen LogP contribution in [-0.2, 0) is 26.3 Å². The molecule has 6 rings (SSSR count). The summed E-state index contributed by atoms with van der Waals surface area (Å²) in [6, 6.07) is 14.5. The highest BCUT2D eigenvalue weighted by Gasteiger charge is 2.42. The van der Waals surface area contributed by atoms with E-state index in [0.29, 0.717) is 28.1 Å². The number of amides is 1. The van der Waals surface area contributed by atoms with Crippen molar-refractivity contribution in [2.75, 3.05) is 29.9 Å². The Morgan fingerprint density at radius 3 is 2.53 bits per heavy atom. The number of hydrogen-bond acceptors (Lipinski definition) is 8. The number of alkyl halides is 5. The van der Waals surface area contributed by atoms with Crippen LogP contribution in [0.25, 0.3) is 22.5 Å². The van der Waals surface area contributed by atoms with Crippen LogP contribution in [-0.4, -0.2) is 56.1 Å². The van der Waals surface area contributed by atoms with Gasteiger partial charge in [0.1, 0.15) is 18.0 Å². The van der Waals surface area contributed by atoms with E-state index in [0.717, 1.165) is 11.0 Å². The van der Waals surface area contributed by atoms with Crippen LogP contribution in [0.2, 0.25) is 0 Å². The van der Waals surface area contributed by atoms with E-state index in [2.05, 4.69) is 26.6 Å². The Balaban J connectivity index is 1.44. The van der Waals surface area contributed by atoms with E-state index in [9.17, 15) is 32.0 Å². The summed E-state index contributed by atoms with van der Waals surface area (Å²) in [4.78, 5) is 20.9. The third kappa shape index (κ3) is 6.35. The van der Waals surface area contributed by atoms with Gasteiger partial charge in [-0.2, -0.15) is 23.7 Å². The molecule has 0 aliphatic carbocycles. The van der Waals surface area contributed by atoms with Crippen molar-refractivity contribution in [3.8, 4) is 34.7 Å². The summed E-state index contributed by atoms with van der Waals surface area (Å²) in [6.07, 6.45) is -3.57. The molecular formula is C32H26F5N9O. The first-order valence-electron chi connectivity index (χ1n) is 14.5. The number of likely N-dealkylation sites (tertiary alicyclic amines) is 1. The molecule has 1 saturated heterocycles. The van der Waals surface area contributed by atoms with Gasteiger partial charge in [0.15, 0.2) is 5.82 Å². The summed E-state index contributed by atoms with van der Waals surface area (Å²) in [5.41, 5.74) is 0.584. The lowest BCUT2D eigenvalue weighted by Gasteiger charge is -2.19. The Labute approximate surface area is 265 Å². The van der Waals surface area contributed by atoms with Gasteiger partial charge in [-0.25, -0.2) is 13.8 Å². The predicted molar refractivity (Wildman–Crippen MR) is 160 cm³/mol. The Bertz CT molecular complexity index is 1960. The predicted octanol–water partition coefficient (Wildman–Crippen LogP) is 5.76. The Kier molecular flexibility index (Phi) is 8.11. The van der Waals surface area contributed by atoms with Crippen LogP contribution >= 0.6 is 0 Å². The molecule has 4 heterocycles. The Morgan fingerprint density at radius 1 is 1.06 bits per heavy atom. The highest BCUT2D eigenvalue weighted by Crippen LogP contribution is 2.41. The molecule has 1 N–H and O–H groups in total. The lowest BCUT2D eigenvalue weighted by molar-refractivity contribution is -0.138. The number of fused-ring (bicyclic) bond motifs is 1. The zero-order chi connectivity index (χ0) is 33.5. The van der Waals surface area contributed by atoms with Crippen molar-refractivity contribution in [1.82, 2.24) is 24.6 Å². The van der Waals surface area contributed by atoms with Crippen molar-refractivity contribution < 1.29 is 26.7 Å². The summed E-state index contributed by atoms with van der Waals surface area (Å²) in [7, 11) is 1.74. The van der Waals surface area contributed by atoms with E-state index in [-0.39, 0.29) is 60.8 Å². The monoisotopic (exact) mass is 647 g/mol. The van der Waals surface area contributed by atoms with Gasteiger partial charge in [0, 0.05) is 44.2 Å². The van der Waals surface area contributed by atoms with E-state index in [1.807, 2.05) is 6.07 Å². The van der Waals surface area contributed by atoms with Crippen molar-refractivity contribution in [3.63, 3.8) is 0 Å². The second-order valence-electron chi connectivity index (χ2n) is 11.4. The van der Waals surface area contributed by atoms with Crippen LogP contribution in [0.1, 0.15) is 45.5 Å². The zero-order valence-corrected chi connectivity index (χ0v) is 24.9. The lowest BCUT2D eigenvalue weighted by atomic mass is 9.97. The molecule has 240 valence electrons. The Hall–Kier alpha value is -5.41.